The van der Waals surface area contributed by atoms with E-state index in [0.29, 0.717) is 23.4 Å². The van der Waals surface area contributed by atoms with E-state index in [4.69, 9.17) is 9.72 Å². The number of aromatic amines is 1. The predicted molar refractivity (Wildman–Crippen MR) is 134 cm³/mol. The second-order valence-corrected chi connectivity index (χ2v) is 8.38. The molecule has 8 nitrogen and oxygen atoms in total. The summed E-state index contributed by atoms with van der Waals surface area (Å²) in [6.07, 6.45) is 2.90. The number of unbranched alkanes of at least 4 members (excludes halogenated alkanes) is 1. The Balaban J connectivity index is 1.61. The van der Waals surface area contributed by atoms with Crippen LogP contribution in [-0.2, 0) is 17.7 Å². The van der Waals surface area contributed by atoms with E-state index in [2.05, 4.69) is 62.4 Å². The molecule has 3 aromatic carbocycles. The summed E-state index contributed by atoms with van der Waals surface area (Å²) in [4.78, 5) is 17.3. The van der Waals surface area contributed by atoms with Crippen molar-refractivity contribution in [1.29, 1.82) is 0 Å². The molecular formula is C27H26N6O2. The van der Waals surface area contributed by atoms with Crippen LogP contribution in [0.1, 0.15) is 41.5 Å². The molecule has 35 heavy (non-hydrogen) atoms. The molecule has 0 radical (unpaired) electrons. The normalized spacial score (nSPS) is 11.1. The van der Waals surface area contributed by atoms with E-state index in [1.807, 2.05) is 30.3 Å². The number of rotatable bonds is 8. The second-order valence-electron chi connectivity index (χ2n) is 8.38. The van der Waals surface area contributed by atoms with E-state index in [1.54, 1.807) is 6.07 Å². The maximum Gasteiger partial charge on any atom is 0.340 e. The molecule has 0 spiro atoms. The minimum atomic E-state index is -0.380. The molecule has 5 rings (SSSR count). The van der Waals surface area contributed by atoms with Crippen LogP contribution < -0.4 is 0 Å². The molecule has 0 saturated carbocycles. The summed E-state index contributed by atoms with van der Waals surface area (Å²) in [6.45, 7) is 2.76. The van der Waals surface area contributed by atoms with Crippen molar-refractivity contribution in [2.45, 2.75) is 32.7 Å². The van der Waals surface area contributed by atoms with E-state index >= 15 is 0 Å². The molecule has 0 aliphatic heterocycles. The molecule has 0 bridgehead atoms. The summed E-state index contributed by atoms with van der Waals surface area (Å²) in [5.74, 6) is 1.18. The van der Waals surface area contributed by atoms with Crippen molar-refractivity contribution in [3.05, 3.63) is 83.7 Å². The van der Waals surface area contributed by atoms with Gasteiger partial charge in [0.05, 0.1) is 18.2 Å². The van der Waals surface area contributed by atoms with Gasteiger partial charge in [0.25, 0.3) is 0 Å². The average Bonchev–Trinajstić information content (AvgIpc) is 3.56. The highest BCUT2D eigenvalue weighted by Crippen LogP contribution is 2.32. The number of benzene rings is 3. The Morgan fingerprint density at radius 3 is 2.63 bits per heavy atom. The number of nitrogens with one attached hydrogen (secondary N) is 1. The first kappa shape index (κ1) is 22.5. The predicted octanol–water partition coefficient (Wildman–Crippen LogP) is 5.06. The lowest BCUT2D eigenvalue weighted by molar-refractivity contribution is 0.0603. The van der Waals surface area contributed by atoms with Crippen LogP contribution in [-0.4, -0.2) is 43.3 Å². The summed E-state index contributed by atoms with van der Waals surface area (Å²) in [7, 11) is 1.39. The second kappa shape index (κ2) is 9.89. The van der Waals surface area contributed by atoms with E-state index < -0.39 is 0 Å². The fourth-order valence-corrected chi connectivity index (χ4v) is 4.38. The van der Waals surface area contributed by atoms with Crippen LogP contribution >= 0.6 is 0 Å². The smallest absolute Gasteiger partial charge is 0.340 e. The van der Waals surface area contributed by atoms with E-state index in [-0.39, 0.29) is 5.97 Å². The van der Waals surface area contributed by atoms with Crippen molar-refractivity contribution in [2.75, 3.05) is 7.11 Å². The number of ether oxygens (including phenoxy) is 1. The Morgan fingerprint density at radius 1 is 1.03 bits per heavy atom. The minimum absolute atomic E-state index is 0.380. The van der Waals surface area contributed by atoms with Gasteiger partial charge < -0.3 is 9.30 Å². The third-order valence-corrected chi connectivity index (χ3v) is 6.13. The molecule has 0 atom stereocenters. The summed E-state index contributed by atoms with van der Waals surface area (Å²) >= 11 is 0. The number of fused-ring (bicyclic) bond motifs is 1. The number of H-pyrrole nitrogens is 1. The molecule has 5 aromatic rings. The van der Waals surface area contributed by atoms with Gasteiger partial charge in [0, 0.05) is 18.5 Å². The molecular weight excluding hydrogens is 440 g/mol. The van der Waals surface area contributed by atoms with Gasteiger partial charge in [0.1, 0.15) is 11.3 Å². The number of esters is 1. The van der Waals surface area contributed by atoms with Gasteiger partial charge in [0.2, 0.25) is 0 Å². The molecule has 0 unspecified atom stereocenters. The van der Waals surface area contributed by atoms with Crippen LogP contribution in [0.15, 0.2) is 66.7 Å². The standard InChI is InChI=1S/C27H26N6O2/c1-3-4-13-24-28-25-21(27(34)35-2)11-8-12-23(25)33(24)17-18-14-15-20(19-9-6-5-7-10-19)22(16-18)26-29-31-32-30-26/h5-12,14-16H,3-4,13,17H2,1-2H3,(H,29,30,31,32). The van der Waals surface area contributed by atoms with Gasteiger partial charge >= 0.3 is 5.97 Å². The van der Waals surface area contributed by atoms with Crippen LogP contribution in [0.4, 0.5) is 0 Å². The fourth-order valence-electron chi connectivity index (χ4n) is 4.38. The monoisotopic (exact) mass is 466 g/mol. The van der Waals surface area contributed by atoms with E-state index in [9.17, 15) is 4.79 Å². The number of aromatic nitrogens is 6. The number of tetrazole rings is 1. The van der Waals surface area contributed by atoms with Crippen molar-refractivity contribution < 1.29 is 9.53 Å². The zero-order valence-corrected chi connectivity index (χ0v) is 19.7. The van der Waals surface area contributed by atoms with Crippen LogP contribution in [0.3, 0.4) is 0 Å². The molecule has 8 heteroatoms. The highest BCUT2D eigenvalue weighted by Gasteiger charge is 2.19. The highest BCUT2D eigenvalue weighted by atomic mass is 16.5. The third kappa shape index (κ3) is 4.42. The van der Waals surface area contributed by atoms with Gasteiger partial charge in [0.15, 0.2) is 5.82 Å². The lowest BCUT2D eigenvalue weighted by Gasteiger charge is -2.13. The number of hydrogen-bond acceptors (Lipinski definition) is 6. The lowest BCUT2D eigenvalue weighted by atomic mass is 9.97. The largest absolute Gasteiger partial charge is 0.465 e. The quantitative estimate of drug-likeness (QED) is 0.321. The number of carbonyl (C=O) groups excluding carboxylic acids is 1. The Kier molecular flexibility index (Phi) is 6.34. The topological polar surface area (TPSA) is 98.6 Å². The molecule has 2 aromatic heterocycles. The zero-order chi connectivity index (χ0) is 24.2. The molecule has 176 valence electrons. The number of imidazole rings is 1. The number of methoxy groups -OCH3 is 1. The van der Waals surface area contributed by atoms with Crippen molar-refractivity contribution in [2.24, 2.45) is 0 Å². The molecule has 0 aliphatic rings. The molecule has 2 heterocycles. The highest BCUT2D eigenvalue weighted by molar-refractivity contribution is 6.02. The summed E-state index contributed by atoms with van der Waals surface area (Å²) in [5, 5.41) is 14.6. The van der Waals surface area contributed by atoms with Crippen molar-refractivity contribution in [3.8, 4) is 22.5 Å². The van der Waals surface area contributed by atoms with Gasteiger partial charge in [-0.2, -0.15) is 0 Å². The summed E-state index contributed by atoms with van der Waals surface area (Å²) in [5.41, 5.74) is 6.20. The van der Waals surface area contributed by atoms with Gasteiger partial charge in [-0.3, -0.25) is 0 Å². The molecule has 0 saturated heterocycles. The average molecular weight is 467 g/mol. The number of hydrogen-bond donors (Lipinski definition) is 1. The Labute approximate surface area is 203 Å². The molecule has 0 amide bonds. The van der Waals surface area contributed by atoms with Crippen molar-refractivity contribution >= 4 is 17.0 Å². The maximum absolute atomic E-state index is 12.4. The number of para-hydroxylation sites is 1. The third-order valence-electron chi connectivity index (χ3n) is 6.13. The van der Waals surface area contributed by atoms with Gasteiger partial charge in [-0.05, 0) is 51.7 Å². The number of nitrogens with zero attached hydrogens (tertiary/aromatic N) is 5. The zero-order valence-electron chi connectivity index (χ0n) is 19.7. The molecule has 1 N–H and O–H groups in total. The van der Waals surface area contributed by atoms with Gasteiger partial charge in [-0.15, -0.1) is 5.10 Å². The number of carbonyl (C=O) groups is 1. The van der Waals surface area contributed by atoms with Gasteiger partial charge in [-0.25, -0.2) is 14.9 Å². The molecule has 0 aliphatic carbocycles. The van der Waals surface area contributed by atoms with Crippen LogP contribution in [0.2, 0.25) is 0 Å². The van der Waals surface area contributed by atoms with Crippen LogP contribution in [0, 0.1) is 0 Å². The van der Waals surface area contributed by atoms with E-state index in [0.717, 1.165) is 52.9 Å². The fraction of sp³-hybridized carbons (Fsp3) is 0.222. The first-order valence-electron chi connectivity index (χ1n) is 11.7. The Bertz CT molecular complexity index is 1460. The number of aryl methyl sites for hydroxylation is 1. The minimum Gasteiger partial charge on any atom is -0.465 e. The van der Waals surface area contributed by atoms with Crippen LogP contribution in [0.5, 0.6) is 0 Å². The van der Waals surface area contributed by atoms with Crippen molar-refractivity contribution in [1.82, 2.24) is 30.2 Å². The van der Waals surface area contributed by atoms with E-state index in [1.165, 1.54) is 7.11 Å². The lowest BCUT2D eigenvalue weighted by Crippen LogP contribution is -2.06. The summed E-state index contributed by atoms with van der Waals surface area (Å²) in [6, 6.07) is 22.2. The Morgan fingerprint density at radius 2 is 1.89 bits per heavy atom. The van der Waals surface area contributed by atoms with Gasteiger partial charge in [-0.1, -0.05) is 61.9 Å². The molecule has 0 fully saturated rings. The van der Waals surface area contributed by atoms with Crippen molar-refractivity contribution in [3.63, 3.8) is 0 Å². The Hall–Kier alpha value is -4.33. The maximum atomic E-state index is 12.4. The first-order chi connectivity index (χ1) is 17.2. The SMILES string of the molecule is CCCCc1nc2c(C(=O)OC)cccc2n1Cc1ccc(-c2ccccc2)c(-c2nnn[nH]2)c1. The van der Waals surface area contributed by atoms with Crippen LogP contribution in [0.25, 0.3) is 33.5 Å². The first-order valence-corrected chi connectivity index (χ1v) is 11.7. The summed E-state index contributed by atoms with van der Waals surface area (Å²) < 4.78 is 7.19.